The first-order valence-electron chi connectivity index (χ1n) is 6.27. The Morgan fingerprint density at radius 3 is 2.47 bits per heavy atom. The van der Waals surface area contributed by atoms with Crippen LogP contribution >= 0.6 is 0 Å². The Balaban J connectivity index is 2.86. The first kappa shape index (κ1) is 14.9. The van der Waals surface area contributed by atoms with Crippen molar-refractivity contribution in [2.45, 2.75) is 58.0 Å². The highest BCUT2D eigenvalue weighted by molar-refractivity contribution is 7.87. The highest BCUT2D eigenvalue weighted by Gasteiger charge is 2.32. The average Bonchev–Trinajstić information content (AvgIpc) is 2.38. The minimum atomic E-state index is -3.42. The molecule has 0 radical (unpaired) electrons. The van der Waals surface area contributed by atoms with Gasteiger partial charge in [-0.05, 0) is 33.6 Å². The zero-order valence-corrected chi connectivity index (χ0v) is 11.9. The zero-order chi connectivity index (χ0) is 13.1. The molecule has 0 aromatic carbocycles. The molecule has 102 valence electrons. The molecule has 0 aliphatic carbocycles. The van der Waals surface area contributed by atoms with Gasteiger partial charge in [0.15, 0.2) is 0 Å². The van der Waals surface area contributed by atoms with Gasteiger partial charge in [0.05, 0.1) is 0 Å². The Morgan fingerprint density at radius 1 is 1.29 bits per heavy atom. The van der Waals surface area contributed by atoms with E-state index < -0.39 is 15.7 Å². The largest absolute Gasteiger partial charge is 0.329 e. The number of nitrogens with two attached hydrogens (primary N) is 1. The quantitative estimate of drug-likeness (QED) is 0.791. The van der Waals surface area contributed by atoms with E-state index in [-0.39, 0.29) is 6.04 Å². The predicted molar refractivity (Wildman–Crippen MR) is 69.8 cm³/mol. The van der Waals surface area contributed by atoms with Gasteiger partial charge in [-0.2, -0.15) is 17.4 Å². The van der Waals surface area contributed by atoms with Gasteiger partial charge in [0.1, 0.15) is 0 Å². The van der Waals surface area contributed by atoms with E-state index in [1.165, 1.54) is 0 Å². The van der Waals surface area contributed by atoms with Crippen LogP contribution in [0.25, 0.3) is 0 Å². The Kier molecular flexibility index (Phi) is 4.95. The molecule has 1 fully saturated rings. The van der Waals surface area contributed by atoms with Gasteiger partial charge >= 0.3 is 0 Å². The molecule has 0 aromatic heterocycles. The van der Waals surface area contributed by atoms with Crippen LogP contribution in [0.5, 0.6) is 0 Å². The van der Waals surface area contributed by atoms with Crippen LogP contribution in [-0.2, 0) is 10.2 Å². The van der Waals surface area contributed by atoms with Crippen molar-refractivity contribution in [2.24, 2.45) is 5.73 Å². The van der Waals surface area contributed by atoms with Gasteiger partial charge in [-0.15, -0.1) is 0 Å². The van der Waals surface area contributed by atoms with Crippen LogP contribution < -0.4 is 10.5 Å². The lowest BCUT2D eigenvalue weighted by Crippen LogP contribution is -2.53. The highest BCUT2D eigenvalue weighted by atomic mass is 32.2. The van der Waals surface area contributed by atoms with Crippen LogP contribution in [0.4, 0.5) is 0 Å². The van der Waals surface area contributed by atoms with Crippen molar-refractivity contribution in [3.05, 3.63) is 0 Å². The summed E-state index contributed by atoms with van der Waals surface area (Å²) >= 11 is 0. The van der Waals surface area contributed by atoms with Gasteiger partial charge in [0.25, 0.3) is 10.2 Å². The summed E-state index contributed by atoms with van der Waals surface area (Å²) in [5.41, 5.74) is 5.24. The molecule has 0 amide bonds. The number of rotatable bonds is 3. The maximum absolute atomic E-state index is 12.3. The molecule has 3 N–H and O–H groups in total. The lowest BCUT2D eigenvalue weighted by molar-refractivity contribution is 0.315. The second-order valence-corrected chi connectivity index (χ2v) is 7.33. The monoisotopic (exact) mass is 263 g/mol. The van der Waals surface area contributed by atoms with Crippen LogP contribution in [0.15, 0.2) is 0 Å². The van der Waals surface area contributed by atoms with E-state index in [1.54, 1.807) is 4.31 Å². The van der Waals surface area contributed by atoms with E-state index in [4.69, 9.17) is 5.73 Å². The van der Waals surface area contributed by atoms with Crippen molar-refractivity contribution in [1.29, 1.82) is 0 Å². The summed E-state index contributed by atoms with van der Waals surface area (Å²) in [6.07, 6.45) is 3.92. The maximum atomic E-state index is 12.3. The Hall–Kier alpha value is -0.170. The number of nitrogens with zero attached hydrogens (tertiary/aromatic N) is 1. The molecule has 0 saturated carbocycles. The number of hydrogen-bond acceptors (Lipinski definition) is 3. The second-order valence-electron chi connectivity index (χ2n) is 5.71. The third-order valence-electron chi connectivity index (χ3n) is 2.84. The standard InChI is InChI=1S/C11H25N3O2S/c1-11(2,3)13-17(15,16)14-8-6-4-5-7-10(14)9-12/h10,13H,4-9,12H2,1-3H3. The van der Waals surface area contributed by atoms with Crippen LogP contribution in [-0.4, -0.2) is 37.4 Å². The average molecular weight is 263 g/mol. The lowest BCUT2D eigenvalue weighted by atomic mass is 10.1. The van der Waals surface area contributed by atoms with Crippen molar-refractivity contribution in [2.75, 3.05) is 13.1 Å². The topological polar surface area (TPSA) is 75.4 Å². The molecule has 1 atom stereocenters. The lowest BCUT2D eigenvalue weighted by Gasteiger charge is -2.31. The van der Waals surface area contributed by atoms with Gasteiger partial charge in [-0.25, -0.2) is 0 Å². The Labute approximate surface area is 105 Å². The van der Waals surface area contributed by atoms with Crippen LogP contribution in [0.3, 0.4) is 0 Å². The molecule has 1 rings (SSSR count). The third kappa shape index (κ3) is 4.54. The molecular weight excluding hydrogens is 238 g/mol. The summed E-state index contributed by atoms with van der Waals surface area (Å²) < 4.78 is 28.8. The Bertz CT molecular complexity index is 335. The molecule has 17 heavy (non-hydrogen) atoms. The van der Waals surface area contributed by atoms with Crippen LogP contribution in [0, 0.1) is 0 Å². The molecule has 0 spiro atoms. The fourth-order valence-corrected chi connectivity index (χ4v) is 3.99. The normalized spacial score (nSPS) is 24.6. The molecular formula is C11H25N3O2S. The summed E-state index contributed by atoms with van der Waals surface area (Å²) in [6, 6.07) is -0.0580. The fourth-order valence-electron chi connectivity index (χ4n) is 2.15. The van der Waals surface area contributed by atoms with Gasteiger partial charge in [-0.1, -0.05) is 12.8 Å². The van der Waals surface area contributed by atoms with Crippen LogP contribution in [0.2, 0.25) is 0 Å². The SMILES string of the molecule is CC(C)(C)NS(=O)(=O)N1CCCCCC1CN. The third-order valence-corrected chi connectivity index (χ3v) is 4.81. The molecule has 0 bridgehead atoms. The zero-order valence-electron chi connectivity index (χ0n) is 11.1. The van der Waals surface area contributed by atoms with Gasteiger partial charge in [0.2, 0.25) is 0 Å². The summed E-state index contributed by atoms with van der Waals surface area (Å²) in [5.74, 6) is 0. The van der Waals surface area contributed by atoms with Gasteiger partial charge < -0.3 is 5.73 Å². The van der Waals surface area contributed by atoms with Gasteiger partial charge in [-0.3, -0.25) is 0 Å². The first-order valence-corrected chi connectivity index (χ1v) is 7.71. The van der Waals surface area contributed by atoms with E-state index in [2.05, 4.69) is 4.72 Å². The van der Waals surface area contributed by atoms with Crippen LogP contribution in [0.1, 0.15) is 46.5 Å². The summed E-state index contributed by atoms with van der Waals surface area (Å²) in [4.78, 5) is 0. The number of hydrogen-bond donors (Lipinski definition) is 2. The highest BCUT2D eigenvalue weighted by Crippen LogP contribution is 2.19. The molecule has 1 heterocycles. The van der Waals surface area contributed by atoms with Crippen molar-refractivity contribution < 1.29 is 8.42 Å². The van der Waals surface area contributed by atoms with E-state index in [1.807, 2.05) is 20.8 Å². The van der Waals surface area contributed by atoms with E-state index in [0.717, 1.165) is 25.7 Å². The predicted octanol–water partition coefficient (Wildman–Crippen LogP) is 0.823. The summed E-state index contributed by atoms with van der Waals surface area (Å²) in [7, 11) is -3.42. The molecule has 1 saturated heterocycles. The van der Waals surface area contributed by atoms with E-state index >= 15 is 0 Å². The van der Waals surface area contributed by atoms with Crippen molar-refractivity contribution in [3.63, 3.8) is 0 Å². The van der Waals surface area contributed by atoms with Crippen molar-refractivity contribution in [3.8, 4) is 0 Å². The summed E-state index contributed by atoms with van der Waals surface area (Å²) in [6.45, 7) is 6.51. The second kappa shape index (κ2) is 5.65. The minimum absolute atomic E-state index is 0.0580. The minimum Gasteiger partial charge on any atom is -0.329 e. The maximum Gasteiger partial charge on any atom is 0.280 e. The van der Waals surface area contributed by atoms with E-state index in [9.17, 15) is 8.42 Å². The molecule has 1 aliphatic heterocycles. The van der Waals surface area contributed by atoms with Crippen molar-refractivity contribution >= 4 is 10.2 Å². The van der Waals surface area contributed by atoms with Gasteiger partial charge in [0, 0.05) is 24.7 Å². The molecule has 1 unspecified atom stereocenters. The molecule has 5 nitrogen and oxygen atoms in total. The van der Waals surface area contributed by atoms with Crippen molar-refractivity contribution in [1.82, 2.24) is 9.03 Å². The fraction of sp³-hybridized carbons (Fsp3) is 1.00. The molecule has 0 aromatic rings. The Morgan fingerprint density at radius 2 is 1.94 bits per heavy atom. The molecule has 6 heteroatoms. The first-order chi connectivity index (χ1) is 7.76. The summed E-state index contributed by atoms with van der Waals surface area (Å²) in [5, 5.41) is 0. The van der Waals surface area contributed by atoms with E-state index in [0.29, 0.717) is 13.1 Å². The number of nitrogens with one attached hydrogen (secondary N) is 1. The smallest absolute Gasteiger partial charge is 0.280 e. The molecule has 1 aliphatic rings.